The van der Waals surface area contributed by atoms with E-state index in [9.17, 15) is 13.5 Å². The third-order valence-electron chi connectivity index (χ3n) is 4.93. The van der Waals surface area contributed by atoms with Crippen molar-refractivity contribution in [1.29, 1.82) is 0 Å². The number of benzene rings is 1. The van der Waals surface area contributed by atoms with E-state index in [-0.39, 0.29) is 4.90 Å². The summed E-state index contributed by atoms with van der Waals surface area (Å²) in [6.45, 7) is 1.98. The summed E-state index contributed by atoms with van der Waals surface area (Å²) in [7, 11) is -3.64. The van der Waals surface area contributed by atoms with Crippen LogP contribution < -0.4 is 4.72 Å². The van der Waals surface area contributed by atoms with Crippen LogP contribution in [0, 0.1) is 6.92 Å². The fourth-order valence-electron chi connectivity index (χ4n) is 3.57. The molecule has 136 valence electrons. The summed E-state index contributed by atoms with van der Waals surface area (Å²) < 4.78 is 27.7. The van der Waals surface area contributed by atoms with Gasteiger partial charge in [0, 0.05) is 23.3 Å². The van der Waals surface area contributed by atoms with E-state index in [1.165, 1.54) is 0 Å². The molecule has 1 aliphatic rings. The van der Waals surface area contributed by atoms with Crippen LogP contribution in [-0.4, -0.2) is 35.6 Å². The van der Waals surface area contributed by atoms with Gasteiger partial charge in [-0.1, -0.05) is 12.1 Å². The highest BCUT2D eigenvalue weighted by molar-refractivity contribution is 7.89. The minimum absolute atomic E-state index is 0.205. The van der Waals surface area contributed by atoms with Crippen LogP contribution in [0.15, 0.2) is 47.5 Å². The van der Waals surface area contributed by atoms with Crippen LogP contribution in [-0.2, 0) is 10.0 Å². The number of nitrogens with zero attached hydrogens (tertiary/aromatic N) is 1. The normalized spacial score (nSPS) is 20.7. The van der Waals surface area contributed by atoms with E-state index in [1.54, 1.807) is 30.5 Å². The Morgan fingerprint density at radius 3 is 2.65 bits per heavy atom. The molecular formula is C19H21N3O3S. The lowest BCUT2D eigenvalue weighted by Crippen LogP contribution is -2.39. The molecule has 1 aliphatic carbocycles. The van der Waals surface area contributed by atoms with Crippen molar-refractivity contribution in [2.24, 2.45) is 0 Å². The second-order valence-corrected chi connectivity index (χ2v) is 8.54. The number of pyridine rings is 1. The molecule has 0 spiro atoms. The van der Waals surface area contributed by atoms with E-state index in [0.717, 1.165) is 34.3 Å². The molecule has 2 atom stereocenters. The molecule has 26 heavy (non-hydrogen) atoms. The van der Waals surface area contributed by atoms with Crippen LogP contribution in [0.4, 0.5) is 0 Å². The quantitative estimate of drug-likeness (QED) is 0.657. The first-order chi connectivity index (χ1) is 12.4. The van der Waals surface area contributed by atoms with Crippen LogP contribution in [0.5, 0.6) is 0 Å². The van der Waals surface area contributed by atoms with E-state index in [2.05, 4.69) is 14.7 Å². The maximum Gasteiger partial charge on any atom is 0.240 e. The summed E-state index contributed by atoms with van der Waals surface area (Å²) in [5, 5.41) is 10.9. The Morgan fingerprint density at radius 1 is 1.19 bits per heavy atom. The van der Waals surface area contributed by atoms with Gasteiger partial charge in [0.05, 0.1) is 11.0 Å². The Labute approximate surface area is 152 Å². The molecule has 1 fully saturated rings. The molecule has 0 saturated heterocycles. The molecule has 1 saturated carbocycles. The van der Waals surface area contributed by atoms with Crippen molar-refractivity contribution >= 4 is 21.1 Å². The van der Waals surface area contributed by atoms with Crippen molar-refractivity contribution in [1.82, 2.24) is 14.7 Å². The number of nitrogens with one attached hydrogen (secondary N) is 2. The Balaban J connectivity index is 1.64. The van der Waals surface area contributed by atoms with Crippen molar-refractivity contribution in [3.05, 3.63) is 48.3 Å². The number of aromatic nitrogens is 2. The minimum Gasteiger partial charge on any atom is -0.391 e. The number of aliphatic hydroxyl groups is 1. The number of aliphatic hydroxyl groups excluding tert-OH is 1. The molecule has 6 nitrogen and oxygen atoms in total. The predicted octanol–water partition coefficient (Wildman–Crippen LogP) is 2.73. The molecule has 0 aliphatic heterocycles. The van der Waals surface area contributed by atoms with Gasteiger partial charge in [-0.05, 0) is 61.6 Å². The Morgan fingerprint density at radius 2 is 1.96 bits per heavy atom. The van der Waals surface area contributed by atoms with E-state index in [1.807, 2.05) is 19.1 Å². The first kappa shape index (κ1) is 17.2. The SMILES string of the molecule is Cc1cc2c(-c3ccc(S(=O)(=O)N[C@H]4CCC[C@H]4O)cc3)ccnc2[nH]1. The number of rotatable bonds is 4. The molecule has 2 aromatic heterocycles. The van der Waals surface area contributed by atoms with Crippen LogP contribution in [0.25, 0.3) is 22.2 Å². The Bertz CT molecular complexity index is 1040. The molecule has 0 bridgehead atoms. The van der Waals surface area contributed by atoms with Gasteiger partial charge in [-0.15, -0.1) is 0 Å². The van der Waals surface area contributed by atoms with E-state index >= 15 is 0 Å². The van der Waals surface area contributed by atoms with Crippen molar-refractivity contribution in [2.45, 2.75) is 43.2 Å². The number of H-pyrrole nitrogens is 1. The van der Waals surface area contributed by atoms with Crippen LogP contribution >= 0.6 is 0 Å². The summed E-state index contributed by atoms with van der Waals surface area (Å²) in [5.74, 6) is 0. The monoisotopic (exact) mass is 371 g/mol. The number of aryl methyl sites for hydroxylation is 1. The Hall–Kier alpha value is -2.22. The zero-order valence-electron chi connectivity index (χ0n) is 14.4. The lowest BCUT2D eigenvalue weighted by Gasteiger charge is -2.16. The van der Waals surface area contributed by atoms with Gasteiger partial charge in [0.25, 0.3) is 0 Å². The molecule has 2 heterocycles. The lowest BCUT2D eigenvalue weighted by atomic mass is 10.0. The minimum atomic E-state index is -3.64. The van der Waals surface area contributed by atoms with Crippen molar-refractivity contribution in [3.63, 3.8) is 0 Å². The summed E-state index contributed by atoms with van der Waals surface area (Å²) in [4.78, 5) is 7.74. The van der Waals surface area contributed by atoms with Gasteiger partial charge in [0.15, 0.2) is 0 Å². The topological polar surface area (TPSA) is 95.1 Å². The highest BCUT2D eigenvalue weighted by atomic mass is 32.2. The standard InChI is InChI=1S/C19H21N3O3S/c1-12-11-16-15(9-10-20-19(16)21-12)13-5-7-14(8-6-13)26(24,25)22-17-3-2-4-18(17)23/h5-11,17-18,22-23H,2-4H2,1H3,(H,20,21)/t17-,18+/m0/s1. The number of fused-ring (bicyclic) bond motifs is 1. The van der Waals surface area contributed by atoms with Gasteiger partial charge < -0.3 is 10.1 Å². The zero-order chi connectivity index (χ0) is 18.3. The fraction of sp³-hybridized carbons (Fsp3) is 0.316. The third kappa shape index (κ3) is 3.13. The fourth-order valence-corrected chi connectivity index (χ4v) is 4.87. The van der Waals surface area contributed by atoms with Gasteiger partial charge in [0.1, 0.15) is 5.65 Å². The maximum atomic E-state index is 12.6. The second-order valence-electron chi connectivity index (χ2n) is 6.82. The van der Waals surface area contributed by atoms with Crippen molar-refractivity contribution in [3.8, 4) is 11.1 Å². The molecule has 7 heteroatoms. The average molecular weight is 371 g/mol. The average Bonchev–Trinajstić information content (AvgIpc) is 3.19. The highest BCUT2D eigenvalue weighted by Crippen LogP contribution is 2.29. The summed E-state index contributed by atoms with van der Waals surface area (Å²) in [5.41, 5.74) is 3.77. The molecule has 1 aromatic carbocycles. The molecule has 0 unspecified atom stereocenters. The van der Waals surface area contributed by atoms with Crippen LogP contribution in [0.2, 0.25) is 0 Å². The molecule has 4 rings (SSSR count). The number of sulfonamides is 1. The summed E-state index contributed by atoms with van der Waals surface area (Å²) in [6.07, 6.45) is 3.27. The number of hydrogen-bond donors (Lipinski definition) is 3. The van der Waals surface area contributed by atoms with Gasteiger partial charge in [-0.3, -0.25) is 0 Å². The van der Waals surface area contributed by atoms with E-state index < -0.39 is 22.2 Å². The second kappa shape index (κ2) is 6.50. The molecular weight excluding hydrogens is 350 g/mol. The van der Waals surface area contributed by atoms with Gasteiger partial charge in [-0.2, -0.15) is 0 Å². The lowest BCUT2D eigenvalue weighted by molar-refractivity contribution is 0.159. The summed E-state index contributed by atoms with van der Waals surface area (Å²) in [6, 6.07) is 10.4. The van der Waals surface area contributed by atoms with Gasteiger partial charge >= 0.3 is 0 Å². The molecule has 0 amide bonds. The number of hydrogen-bond acceptors (Lipinski definition) is 4. The Kier molecular flexibility index (Phi) is 4.30. The van der Waals surface area contributed by atoms with Crippen molar-refractivity contribution in [2.75, 3.05) is 0 Å². The summed E-state index contributed by atoms with van der Waals surface area (Å²) >= 11 is 0. The van der Waals surface area contributed by atoms with Crippen LogP contribution in [0.1, 0.15) is 25.0 Å². The maximum absolute atomic E-state index is 12.6. The predicted molar refractivity (Wildman–Crippen MR) is 100 cm³/mol. The van der Waals surface area contributed by atoms with Gasteiger partial charge in [-0.25, -0.2) is 18.1 Å². The van der Waals surface area contributed by atoms with E-state index in [0.29, 0.717) is 12.8 Å². The zero-order valence-corrected chi connectivity index (χ0v) is 15.3. The van der Waals surface area contributed by atoms with Crippen molar-refractivity contribution < 1.29 is 13.5 Å². The highest BCUT2D eigenvalue weighted by Gasteiger charge is 2.29. The largest absolute Gasteiger partial charge is 0.391 e. The molecule has 3 N–H and O–H groups in total. The third-order valence-corrected chi connectivity index (χ3v) is 6.43. The number of aromatic amines is 1. The molecule has 0 radical (unpaired) electrons. The molecule has 3 aromatic rings. The van der Waals surface area contributed by atoms with E-state index in [4.69, 9.17) is 0 Å². The smallest absolute Gasteiger partial charge is 0.240 e. The first-order valence-electron chi connectivity index (χ1n) is 8.69. The van der Waals surface area contributed by atoms with Crippen LogP contribution in [0.3, 0.4) is 0 Å². The first-order valence-corrected chi connectivity index (χ1v) is 10.2. The van der Waals surface area contributed by atoms with Gasteiger partial charge in [0.2, 0.25) is 10.0 Å².